The highest BCUT2D eigenvalue weighted by molar-refractivity contribution is 7.88. The lowest BCUT2D eigenvalue weighted by Gasteiger charge is -2.29. The Hall–Kier alpha value is -2.59. The number of fused-ring (bicyclic) bond motifs is 1. The molecule has 0 amide bonds. The number of hydrogen-bond acceptors (Lipinski definition) is 6. The Morgan fingerprint density at radius 1 is 1.19 bits per heavy atom. The van der Waals surface area contributed by atoms with Gasteiger partial charge in [0.25, 0.3) is 0 Å². The van der Waals surface area contributed by atoms with Gasteiger partial charge >= 0.3 is 21.6 Å². The molecule has 2 aromatic carbocycles. The lowest BCUT2D eigenvalue weighted by molar-refractivity contribution is -0.167. The largest absolute Gasteiger partial charge is 0.534 e. The van der Waals surface area contributed by atoms with Gasteiger partial charge in [-0.05, 0) is 63.3 Å². The molecule has 2 aromatic rings. The smallest absolute Gasteiger partial charge is 0.464 e. The summed E-state index contributed by atoms with van der Waals surface area (Å²) >= 11 is 0. The third kappa shape index (κ3) is 5.60. The number of ether oxygens (including phenoxy) is 2. The van der Waals surface area contributed by atoms with Gasteiger partial charge in [-0.3, -0.25) is 0 Å². The molecule has 0 aliphatic heterocycles. The molecule has 32 heavy (non-hydrogen) atoms. The first-order valence-electron chi connectivity index (χ1n) is 9.66. The molecule has 0 bridgehead atoms. The Balaban J connectivity index is 2.92. The SMILES string of the molecule is C=Cc1ccc2c(OS(=O)(=O)C(F)(F)F)c([C@H](OC(C)(C)C)C(=O)OCC)c(C)cc2c1. The van der Waals surface area contributed by atoms with Crippen LogP contribution >= 0.6 is 0 Å². The summed E-state index contributed by atoms with van der Waals surface area (Å²) in [6.07, 6.45) is -0.00310. The third-order valence-corrected chi connectivity index (χ3v) is 5.26. The van der Waals surface area contributed by atoms with E-state index < -0.39 is 39.1 Å². The summed E-state index contributed by atoms with van der Waals surface area (Å²) in [5, 5.41) is 0.449. The lowest BCUT2D eigenvalue weighted by atomic mass is 9.95. The Morgan fingerprint density at radius 3 is 2.31 bits per heavy atom. The summed E-state index contributed by atoms with van der Waals surface area (Å²) in [5.41, 5.74) is -5.82. The lowest BCUT2D eigenvalue weighted by Crippen LogP contribution is -2.31. The summed E-state index contributed by atoms with van der Waals surface area (Å²) in [6, 6.07) is 6.14. The van der Waals surface area contributed by atoms with Crippen molar-refractivity contribution in [2.24, 2.45) is 0 Å². The van der Waals surface area contributed by atoms with Crippen molar-refractivity contribution in [3.8, 4) is 5.75 Å². The van der Waals surface area contributed by atoms with Crippen molar-refractivity contribution in [2.45, 2.75) is 51.8 Å². The van der Waals surface area contributed by atoms with Gasteiger partial charge in [-0.1, -0.05) is 24.8 Å². The normalized spacial score (nSPS) is 13.6. The Bertz CT molecular complexity index is 1130. The standard InChI is InChI=1S/C22H25F3O6S/c1-7-14-9-10-16-15(12-14)11-13(3)17(18(16)31-32(27,28)22(23,24)25)19(20(26)29-8-2)30-21(4,5)6/h7,9-12,19H,1,8H2,2-6H3/t19-/m0/s1. The van der Waals surface area contributed by atoms with Crippen LogP contribution < -0.4 is 4.18 Å². The molecular weight excluding hydrogens is 449 g/mol. The molecule has 0 spiro atoms. The van der Waals surface area contributed by atoms with E-state index in [0.29, 0.717) is 10.9 Å². The summed E-state index contributed by atoms with van der Waals surface area (Å²) < 4.78 is 78.9. The van der Waals surface area contributed by atoms with E-state index in [1.165, 1.54) is 25.1 Å². The molecule has 0 heterocycles. The Kier molecular flexibility index (Phi) is 7.31. The van der Waals surface area contributed by atoms with Gasteiger partial charge in [-0.2, -0.15) is 21.6 Å². The third-order valence-electron chi connectivity index (χ3n) is 4.31. The van der Waals surface area contributed by atoms with E-state index in [-0.39, 0.29) is 23.1 Å². The summed E-state index contributed by atoms with van der Waals surface area (Å²) in [5.74, 6) is -1.53. The average Bonchev–Trinajstić information content (AvgIpc) is 2.64. The molecule has 0 fully saturated rings. The second-order valence-electron chi connectivity index (χ2n) is 7.97. The van der Waals surface area contributed by atoms with Crippen LogP contribution in [0, 0.1) is 6.92 Å². The maximum Gasteiger partial charge on any atom is 0.534 e. The monoisotopic (exact) mass is 474 g/mol. The molecule has 1 atom stereocenters. The van der Waals surface area contributed by atoms with E-state index in [4.69, 9.17) is 9.47 Å². The van der Waals surface area contributed by atoms with Crippen LogP contribution in [0.15, 0.2) is 30.8 Å². The summed E-state index contributed by atoms with van der Waals surface area (Å²) in [6.45, 7) is 11.6. The molecule has 0 N–H and O–H groups in total. The summed E-state index contributed by atoms with van der Waals surface area (Å²) in [7, 11) is -6.04. The molecule has 0 saturated carbocycles. The first kappa shape index (κ1) is 25.7. The number of benzene rings is 2. The molecule has 176 valence electrons. The molecule has 6 nitrogen and oxygen atoms in total. The number of hydrogen-bond donors (Lipinski definition) is 0. The predicted molar refractivity (Wildman–Crippen MR) is 115 cm³/mol. The van der Waals surface area contributed by atoms with E-state index >= 15 is 0 Å². The molecule has 2 rings (SSSR count). The minimum Gasteiger partial charge on any atom is -0.464 e. The minimum absolute atomic E-state index is 0.0187. The van der Waals surface area contributed by atoms with E-state index in [1.54, 1.807) is 39.8 Å². The quantitative estimate of drug-likeness (QED) is 0.302. The van der Waals surface area contributed by atoms with Gasteiger partial charge in [0.05, 0.1) is 12.2 Å². The number of aryl methyl sites for hydroxylation is 1. The predicted octanol–water partition coefficient (Wildman–Crippen LogP) is 5.44. The number of carbonyl (C=O) groups excluding carboxylic acids is 1. The van der Waals surface area contributed by atoms with Crippen LogP contribution in [-0.2, 0) is 24.4 Å². The van der Waals surface area contributed by atoms with Gasteiger partial charge in [0.15, 0.2) is 11.9 Å². The fourth-order valence-electron chi connectivity index (χ4n) is 3.04. The van der Waals surface area contributed by atoms with Crippen molar-refractivity contribution in [1.29, 1.82) is 0 Å². The molecule has 0 radical (unpaired) electrons. The van der Waals surface area contributed by atoms with E-state index in [0.717, 1.165) is 0 Å². The topological polar surface area (TPSA) is 78.9 Å². The molecule has 0 aliphatic carbocycles. The van der Waals surface area contributed by atoms with E-state index in [9.17, 15) is 26.4 Å². The van der Waals surface area contributed by atoms with Crippen LogP contribution in [0.2, 0.25) is 0 Å². The molecule has 0 aromatic heterocycles. The number of rotatable bonds is 7. The van der Waals surface area contributed by atoms with Crippen LogP contribution in [0.4, 0.5) is 13.2 Å². The first-order valence-corrected chi connectivity index (χ1v) is 11.1. The van der Waals surface area contributed by atoms with Crippen molar-refractivity contribution in [3.63, 3.8) is 0 Å². The highest BCUT2D eigenvalue weighted by Crippen LogP contribution is 2.42. The number of halogens is 3. The van der Waals surface area contributed by atoms with Crippen LogP contribution in [0.5, 0.6) is 5.75 Å². The van der Waals surface area contributed by atoms with Crippen molar-refractivity contribution >= 4 is 32.9 Å². The highest BCUT2D eigenvalue weighted by atomic mass is 32.2. The molecule has 0 unspecified atom stereocenters. The fourth-order valence-corrected chi connectivity index (χ4v) is 3.53. The molecule has 0 saturated heterocycles. The zero-order chi connectivity index (χ0) is 24.5. The van der Waals surface area contributed by atoms with E-state index in [1.807, 2.05) is 0 Å². The van der Waals surface area contributed by atoms with Gasteiger partial charge in [0.1, 0.15) is 0 Å². The van der Waals surface area contributed by atoms with Gasteiger partial charge in [0, 0.05) is 10.9 Å². The van der Waals surface area contributed by atoms with Gasteiger partial charge in [-0.15, -0.1) is 0 Å². The second-order valence-corrected chi connectivity index (χ2v) is 9.50. The van der Waals surface area contributed by atoms with Crippen LogP contribution in [-0.4, -0.2) is 32.1 Å². The maximum absolute atomic E-state index is 13.2. The minimum atomic E-state index is -6.04. The Labute approximate surface area is 185 Å². The molecule has 10 heteroatoms. The molecular formula is C22H25F3O6S. The molecule has 0 aliphatic rings. The van der Waals surface area contributed by atoms with Crippen LogP contribution in [0.25, 0.3) is 16.8 Å². The summed E-state index contributed by atoms with van der Waals surface area (Å²) in [4.78, 5) is 12.7. The average molecular weight is 474 g/mol. The van der Waals surface area contributed by atoms with Crippen LogP contribution in [0.3, 0.4) is 0 Å². The zero-order valence-corrected chi connectivity index (χ0v) is 19.2. The van der Waals surface area contributed by atoms with Gasteiger partial charge in [-0.25, -0.2) is 4.79 Å². The Morgan fingerprint density at radius 2 is 1.81 bits per heavy atom. The highest BCUT2D eigenvalue weighted by Gasteiger charge is 2.49. The van der Waals surface area contributed by atoms with Crippen molar-refractivity contribution in [3.05, 3.63) is 47.5 Å². The van der Waals surface area contributed by atoms with Gasteiger partial charge < -0.3 is 13.7 Å². The van der Waals surface area contributed by atoms with E-state index in [2.05, 4.69) is 10.8 Å². The number of carbonyl (C=O) groups is 1. The van der Waals surface area contributed by atoms with Gasteiger partial charge in [0.2, 0.25) is 0 Å². The second kappa shape index (κ2) is 9.11. The van der Waals surface area contributed by atoms with Crippen molar-refractivity contribution in [1.82, 2.24) is 0 Å². The van der Waals surface area contributed by atoms with Crippen molar-refractivity contribution < 1.29 is 40.0 Å². The van der Waals surface area contributed by atoms with Crippen molar-refractivity contribution in [2.75, 3.05) is 6.61 Å². The number of alkyl halides is 3. The first-order chi connectivity index (χ1) is 14.6. The fraction of sp³-hybridized carbons (Fsp3) is 0.409. The maximum atomic E-state index is 13.2. The van der Waals surface area contributed by atoms with Crippen LogP contribution in [0.1, 0.15) is 50.5 Å². The number of esters is 1. The zero-order valence-electron chi connectivity index (χ0n) is 18.4.